The van der Waals surface area contributed by atoms with Crippen molar-refractivity contribution in [1.82, 2.24) is 14.7 Å². The van der Waals surface area contributed by atoms with Crippen molar-refractivity contribution in [2.75, 3.05) is 11.9 Å². The number of rotatable bonds is 5. The Balaban J connectivity index is 1.42. The molecule has 1 aromatic heterocycles. The molecule has 2 aromatic carbocycles. The van der Waals surface area contributed by atoms with Crippen LogP contribution in [0.15, 0.2) is 42.5 Å². The fourth-order valence-corrected chi connectivity index (χ4v) is 4.00. The van der Waals surface area contributed by atoms with Crippen LogP contribution in [0, 0.1) is 12.7 Å². The van der Waals surface area contributed by atoms with Gasteiger partial charge in [-0.15, -0.1) is 0 Å². The van der Waals surface area contributed by atoms with Gasteiger partial charge in [0.15, 0.2) is 0 Å². The Labute approximate surface area is 185 Å². The number of nitrogens with one attached hydrogen (secondary N) is 1. The lowest BCUT2D eigenvalue weighted by Gasteiger charge is -2.28. The van der Waals surface area contributed by atoms with E-state index in [1.165, 1.54) is 12.1 Å². The highest BCUT2D eigenvalue weighted by Crippen LogP contribution is 2.25. The SMILES string of the molecule is Cc1cccc(NC(=O)N2CCc3c(c(COCc4ccc(F)cc4Cl)nn3C)C2)c1. The Kier molecular flexibility index (Phi) is 6.25. The third-order valence-electron chi connectivity index (χ3n) is 5.39. The van der Waals surface area contributed by atoms with Gasteiger partial charge in [-0.3, -0.25) is 4.68 Å². The molecule has 1 aliphatic heterocycles. The lowest BCUT2D eigenvalue weighted by Crippen LogP contribution is -2.39. The average Bonchev–Trinajstić information content (AvgIpc) is 3.05. The van der Waals surface area contributed by atoms with E-state index in [1.54, 1.807) is 11.0 Å². The summed E-state index contributed by atoms with van der Waals surface area (Å²) in [7, 11) is 1.90. The lowest BCUT2D eigenvalue weighted by molar-refractivity contribution is 0.103. The van der Waals surface area contributed by atoms with Gasteiger partial charge < -0.3 is 15.0 Å². The van der Waals surface area contributed by atoms with Crippen molar-refractivity contribution >= 4 is 23.3 Å². The third-order valence-corrected chi connectivity index (χ3v) is 5.75. The summed E-state index contributed by atoms with van der Waals surface area (Å²) in [6.07, 6.45) is 0.726. The molecule has 4 rings (SSSR count). The summed E-state index contributed by atoms with van der Waals surface area (Å²) in [5.41, 5.74) is 5.50. The zero-order valence-corrected chi connectivity index (χ0v) is 18.2. The van der Waals surface area contributed by atoms with Gasteiger partial charge in [-0.05, 0) is 42.3 Å². The molecular weight excluding hydrogens is 419 g/mol. The number of hydrogen-bond donors (Lipinski definition) is 1. The molecule has 0 radical (unpaired) electrons. The van der Waals surface area contributed by atoms with Crippen LogP contribution in [0.3, 0.4) is 0 Å². The molecule has 3 aromatic rings. The number of hydrogen-bond acceptors (Lipinski definition) is 3. The Morgan fingerprint density at radius 1 is 1.26 bits per heavy atom. The summed E-state index contributed by atoms with van der Waals surface area (Å²) in [5, 5.41) is 7.89. The van der Waals surface area contributed by atoms with Crippen LogP contribution in [0.2, 0.25) is 5.02 Å². The minimum Gasteiger partial charge on any atom is -0.370 e. The number of benzene rings is 2. The second kappa shape index (κ2) is 9.08. The summed E-state index contributed by atoms with van der Waals surface area (Å²) in [5.74, 6) is -0.378. The van der Waals surface area contributed by atoms with Crippen molar-refractivity contribution in [3.05, 3.63) is 81.4 Å². The first-order chi connectivity index (χ1) is 14.9. The average molecular weight is 443 g/mol. The van der Waals surface area contributed by atoms with E-state index in [2.05, 4.69) is 10.4 Å². The normalized spacial score (nSPS) is 13.2. The van der Waals surface area contributed by atoms with E-state index < -0.39 is 0 Å². The summed E-state index contributed by atoms with van der Waals surface area (Å²) in [6.45, 7) is 3.61. The second-order valence-electron chi connectivity index (χ2n) is 7.70. The van der Waals surface area contributed by atoms with Crippen molar-refractivity contribution in [3.63, 3.8) is 0 Å². The first-order valence-electron chi connectivity index (χ1n) is 10.1. The Morgan fingerprint density at radius 2 is 2.10 bits per heavy atom. The van der Waals surface area contributed by atoms with Crippen LogP contribution in [-0.4, -0.2) is 27.3 Å². The highest BCUT2D eigenvalue weighted by Gasteiger charge is 2.26. The highest BCUT2D eigenvalue weighted by atomic mass is 35.5. The second-order valence-corrected chi connectivity index (χ2v) is 8.10. The number of carbonyl (C=O) groups excluding carboxylic acids is 1. The van der Waals surface area contributed by atoms with Crippen LogP contribution in [0.5, 0.6) is 0 Å². The van der Waals surface area contributed by atoms with Gasteiger partial charge in [0.25, 0.3) is 0 Å². The zero-order valence-electron chi connectivity index (χ0n) is 17.5. The number of amides is 2. The molecule has 2 heterocycles. The molecular formula is C23H24ClFN4O2. The van der Waals surface area contributed by atoms with E-state index in [-0.39, 0.29) is 25.1 Å². The van der Waals surface area contributed by atoms with Gasteiger partial charge in [0.2, 0.25) is 0 Å². The highest BCUT2D eigenvalue weighted by molar-refractivity contribution is 6.31. The number of aromatic nitrogens is 2. The number of halogens is 2. The molecule has 162 valence electrons. The van der Waals surface area contributed by atoms with E-state index in [9.17, 15) is 9.18 Å². The largest absolute Gasteiger partial charge is 0.370 e. The molecule has 1 N–H and O–H groups in total. The number of nitrogens with zero attached hydrogens (tertiary/aromatic N) is 3. The van der Waals surface area contributed by atoms with E-state index in [0.29, 0.717) is 23.7 Å². The quantitative estimate of drug-likeness (QED) is 0.615. The maximum atomic E-state index is 13.2. The molecule has 0 atom stereocenters. The van der Waals surface area contributed by atoms with Crippen LogP contribution in [-0.2, 0) is 38.0 Å². The monoisotopic (exact) mass is 442 g/mol. The first-order valence-corrected chi connectivity index (χ1v) is 10.5. The Bertz CT molecular complexity index is 1110. The summed E-state index contributed by atoms with van der Waals surface area (Å²) >= 11 is 6.07. The first kappa shape index (κ1) is 21.3. The van der Waals surface area contributed by atoms with Crippen molar-refractivity contribution in [1.29, 1.82) is 0 Å². The molecule has 0 saturated heterocycles. The van der Waals surface area contributed by atoms with Crippen LogP contribution < -0.4 is 5.32 Å². The maximum absolute atomic E-state index is 13.2. The van der Waals surface area contributed by atoms with Crippen molar-refractivity contribution in [2.45, 2.75) is 33.1 Å². The predicted octanol–water partition coefficient (Wildman–Crippen LogP) is 4.83. The van der Waals surface area contributed by atoms with Crippen molar-refractivity contribution < 1.29 is 13.9 Å². The van der Waals surface area contributed by atoms with Crippen LogP contribution in [0.25, 0.3) is 0 Å². The molecule has 31 heavy (non-hydrogen) atoms. The van der Waals surface area contributed by atoms with Gasteiger partial charge in [-0.25, -0.2) is 9.18 Å². The third kappa shape index (κ3) is 4.89. The minimum atomic E-state index is -0.378. The molecule has 0 spiro atoms. The smallest absolute Gasteiger partial charge is 0.322 e. The molecule has 6 nitrogen and oxygen atoms in total. The van der Waals surface area contributed by atoms with Gasteiger partial charge in [-0.1, -0.05) is 29.8 Å². The topological polar surface area (TPSA) is 59.4 Å². The molecule has 0 fully saturated rings. The molecule has 2 amide bonds. The van der Waals surface area contributed by atoms with Crippen LogP contribution in [0.1, 0.15) is 28.1 Å². The van der Waals surface area contributed by atoms with Crippen molar-refractivity contribution in [2.24, 2.45) is 7.05 Å². The van der Waals surface area contributed by atoms with Gasteiger partial charge in [-0.2, -0.15) is 5.10 Å². The van der Waals surface area contributed by atoms with Gasteiger partial charge in [0, 0.05) is 42.0 Å². The Morgan fingerprint density at radius 3 is 2.87 bits per heavy atom. The van der Waals surface area contributed by atoms with Gasteiger partial charge >= 0.3 is 6.03 Å². The Hall–Kier alpha value is -2.90. The number of ether oxygens (including phenoxy) is 1. The minimum absolute atomic E-state index is 0.134. The lowest BCUT2D eigenvalue weighted by atomic mass is 10.1. The molecule has 0 aliphatic carbocycles. The number of anilines is 1. The van der Waals surface area contributed by atoms with Crippen LogP contribution in [0.4, 0.5) is 14.9 Å². The molecule has 0 saturated carbocycles. The number of carbonyl (C=O) groups is 1. The van der Waals surface area contributed by atoms with Gasteiger partial charge in [0.05, 0.1) is 25.5 Å². The summed E-state index contributed by atoms with van der Waals surface area (Å²) < 4.78 is 20.9. The van der Waals surface area contributed by atoms with Crippen LogP contribution >= 0.6 is 11.6 Å². The van der Waals surface area contributed by atoms with Crippen molar-refractivity contribution in [3.8, 4) is 0 Å². The summed E-state index contributed by atoms with van der Waals surface area (Å²) in [6, 6.07) is 11.8. The van der Waals surface area contributed by atoms with Gasteiger partial charge in [0.1, 0.15) is 5.82 Å². The number of fused-ring (bicyclic) bond motifs is 1. The fourth-order valence-electron chi connectivity index (χ4n) is 3.78. The fraction of sp³-hybridized carbons (Fsp3) is 0.304. The van der Waals surface area contributed by atoms with E-state index in [1.807, 2.05) is 42.9 Å². The number of urea groups is 1. The maximum Gasteiger partial charge on any atom is 0.322 e. The molecule has 0 bridgehead atoms. The molecule has 8 heteroatoms. The molecule has 1 aliphatic rings. The summed E-state index contributed by atoms with van der Waals surface area (Å²) in [4.78, 5) is 14.6. The molecule has 0 unspecified atom stereocenters. The zero-order chi connectivity index (χ0) is 22.0. The number of aryl methyl sites for hydroxylation is 2. The van der Waals surface area contributed by atoms with E-state index in [0.717, 1.165) is 34.6 Å². The predicted molar refractivity (Wildman–Crippen MR) is 117 cm³/mol. The van der Waals surface area contributed by atoms with E-state index in [4.69, 9.17) is 16.3 Å². The standard InChI is InChI=1S/C23H24ClFN4O2/c1-15-4-3-5-18(10-15)26-23(30)29-9-8-22-19(12-29)21(27-28(22)2)14-31-13-16-6-7-17(25)11-20(16)24/h3-7,10-11H,8-9,12-14H2,1-2H3,(H,26,30). The van der Waals surface area contributed by atoms with E-state index >= 15 is 0 Å².